The normalized spacial score (nSPS) is 19.7. The second kappa shape index (κ2) is 12.4. The predicted octanol–water partition coefficient (Wildman–Crippen LogP) is 4.11. The molecule has 1 fully saturated rings. The van der Waals surface area contributed by atoms with E-state index < -0.39 is 47.9 Å². The minimum Gasteiger partial charge on any atom is -0.459 e. The minimum absolute atomic E-state index is 0.0751. The van der Waals surface area contributed by atoms with Crippen molar-refractivity contribution in [1.82, 2.24) is 9.55 Å². The van der Waals surface area contributed by atoms with Gasteiger partial charge in [0.25, 0.3) is 5.91 Å². The summed E-state index contributed by atoms with van der Waals surface area (Å²) in [6, 6.07) is 27.0. The number of carbonyl (C=O) groups is 3. The van der Waals surface area contributed by atoms with Crippen LogP contribution in [0.15, 0.2) is 108 Å². The molecule has 0 radical (unpaired) electrons. The molecule has 5 rings (SSSR count). The molecule has 4 aromatic rings. The van der Waals surface area contributed by atoms with Crippen molar-refractivity contribution in [3.63, 3.8) is 0 Å². The fraction of sp³-hybridized carbons (Fsp3) is 0.194. The number of amides is 1. The summed E-state index contributed by atoms with van der Waals surface area (Å²) < 4.78 is 18.7. The van der Waals surface area contributed by atoms with Crippen LogP contribution in [0.1, 0.15) is 44.2 Å². The Kier molecular flexibility index (Phi) is 8.31. The average Bonchev–Trinajstić information content (AvgIpc) is 3.31. The number of anilines is 1. The molecule has 3 aromatic carbocycles. The molecule has 4 atom stereocenters. The van der Waals surface area contributed by atoms with Crippen LogP contribution in [-0.4, -0.2) is 46.2 Å². The highest BCUT2D eigenvalue weighted by Crippen LogP contribution is 2.36. The van der Waals surface area contributed by atoms with E-state index in [1.165, 1.54) is 16.8 Å². The second-order valence-electron chi connectivity index (χ2n) is 9.45. The first-order chi connectivity index (χ1) is 19.9. The molecule has 1 N–H and O–H groups in total. The lowest BCUT2D eigenvalue weighted by Gasteiger charge is -2.21. The number of hydrogen-bond acceptors (Lipinski definition) is 8. The first-order valence-corrected chi connectivity index (χ1v) is 13.0. The highest BCUT2D eigenvalue weighted by molar-refractivity contribution is 6.03. The monoisotopic (exact) mass is 553 g/mol. The quantitative estimate of drug-likeness (QED) is 0.323. The summed E-state index contributed by atoms with van der Waals surface area (Å²) >= 11 is 0. The van der Waals surface area contributed by atoms with E-state index in [2.05, 4.69) is 10.3 Å². The lowest BCUT2D eigenvalue weighted by molar-refractivity contribution is -0.0587. The van der Waals surface area contributed by atoms with Gasteiger partial charge in [-0.15, -0.1) is 0 Å². The number of benzene rings is 3. The summed E-state index contributed by atoms with van der Waals surface area (Å²) in [5.41, 5.74) is 0.451. The number of aromatic nitrogens is 2. The van der Waals surface area contributed by atoms with Crippen LogP contribution in [0.3, 0.4) is 0 Å². The van der Waals surface area contributed by atoms with Crippen molar-refractivity contribution in [1.29, 1.82) is 0 Å². The van der Waals surface area contributed by atoms with Gasteiger partial charge < -0.3 is 19.5 Å². The maximum Gasteiger partial charge on any atom is 0.351 e. The van der Waals surface area contributed by atoms with E-state index in [9.17, 15) is 19.2 Å². The Bertz CT molecular complexity index is 1580. The Morgan fingerprint density at radius 1 is 0.829 bits per heavy atom. The minimum atomic E-state index is -0.886. The SMILES string of the molecule is C[C@@H]1C(n2ccc(NC(=O)c3ccccc3)nc2=O)OC(COC(=O)c2ccccc2)[C@H]1OC(=O)c1ccccc1. The highest BCUT2D eigenvalue weighted by atomic mass is 16.6. The van der Waals surface area contributed by atoms with Crippen molar-refractivity contribution >= 4 is 23.7 Å². The number of carbonyl (C=O) groups excluding carboxylic acids is 3. The van der Waals surface area contributed by atoms with E-state index in [0.29, 0.717) is 16.7 Å². The summed E-state index contributed by atoms with van der Waals surface area (Å²) in [6.45, 7) is 1.55. The number of hydrogen-bond donors (Lipinski definition) is 1. The summed E-state index contributed by atoms with van der Waals surface area (Å²) in [5, 5.41) is 2.61. The van der Waals surface area contributed by atoms with E-state index in [4.69, 9.17) is 14.2 Å². The molecule has 10 heteroatoms. The maximum atomic E-state index is 13.0. The number of nitrogens with zero attached hydrogens (tertiary/aromatic N) is 2. The van der Waals surface area contributed by atoms with Crippen molar-refractivity contribution < 1.29 is 28.6 Å². The molecular weight excluding hydrogens is 526 g/mol. The van der Waals surface area contributed by atoms with Gasteiger partial charge in [0.05, 0.1) is 11.1 Å². The fourth-order valence-electron chi connectivity index (χ4n) is 4.55. The molecule has 10 nitrogen and oxygen atoms in total. The molecule has 1 aromatic heterocycles. The Morgan fingerprint density at radius 2 is 1.39 bits per heavy atom. The zero-order chi connectivity index (χ0) is 28.8. The van der Waals surface area contributed by atoms with Crippen LogP contribution in [0.25, 0.3) is 0 Å². The molecule has 1 saturated heterocycles. The predicted molar refractivity (Wildman–Crippen MR) is 148 cm³/mol. The largest absolute Gasteiger partial charge is 0.459 e. The zero-order valence-corrected chi connectivity index (χ0v) is 22.1. The fourth-order valence-corrected chi connectivity index (χ4v) is 4.55. The summed E-state index contributed by atoms with van der Waals surface area (Å²) in [6.07, 6.45) is -1.14. The van der Waals surface area contributed by atoms with Crippen LogP contribution in [0.4, 0.5) is 5.82 Å². The van der Waals surface area contributed by atoms with Gasteiger partial charge in [-0.25, -0.2) is 14.4 Å². The molecule has 2 unspecified atom stereocenters. The molecule has 1 aliphatic heterocycles. The summed E-state index contributed by atoms with van der Waals surface area (Å²) in [5.74, 6) is -1.99. The number of ether oxygens (including phenoxy) is 3. The molecule has 0 aliphatic carbocycles. The van der Waals surface area contributed by atoms with E-state index in [1.807, 2.05) is 0 Å². The van der Waals surface area contributed by atoms with Crippen LogP contribution in [0, 0.1) is 5.92 Å². The molecule has 1 aliphatic rings. The molecule has 0 saturated carbocycles. The Morgan fingerprint density at radius 3 is 1.98 bits per heavy atom. The average molecular weight is 554 g/mol. The van der Waals surface area contributed by atoms with Gasteiger partial charge >= 0.3 is 17.6 Å². The summed E-state index contributed by atoms with van der Waals surface area (Å²) in [7, 11) is 0. The van der Waals surface area contributed by atoms with Crippen LogP contribution in [0.2, 0.25) is 0 Å². The van der Waals surface area contributed by atoms with Crippen LogP contribution >= 0.6 is 0 Å². The van der Waals surface area contributed by atoms with E-state index in [1.54, 1.807) is 97.9 Å². The van der Waals surface area contributed by atoms with Crippen LogP contribution in [0.5, 0.6) is 0 Å². The van der Waals surface area contributed by atoms with Crippen LogP contribution in [-0.2, 0) is 14.2 Å². The molecule has 41 heavy (non-hydrogen) atoms. The molecule has 0 spiro atoms. The Balaban J connectivity index is 1.34. The van der Waals surface area contributed by atoms with Gasteiger partial charge in [0, 0.05) is 17.7 Å². The lowest BCUT2D eigenvalue weighted by atomic mass is 10.0. The number of rotatable bonds is 8. The second-order valence-corrected chi connectivity index (χ2v) is 9.45. The smallest absolute Gasteiger partial charge is 0.351 e. The van der Waals surface area contributed by atoms with Crippen molar-refractivity contribution in [2.75, 3.05) is 11.9 Å². The zero-order valence-electron chi connectivity index (χ0n) is 22.1. The topological polar surface area (TPSA) is 126 Å². The third kappa shape index (κ3) is 6.39. The van der Waals surface area contributed by atoms with E-state index in [0.717, 1.165) is 0 Å². The van der Waals surface area contributed by atoms with Gasteiger partial charge in [-0.2, -0.15) is 4.98 Å². The van der Waals surface area contributed by atoms with Crippen molar-refractivity contribution in [2.45, 2.75) is 25.4 Å². The third-order valence-corrected chi connectivity index (χ3v) is 6.67. The lowest BCUT2D eigenvalue weighted by Crippen LogP contribution is -2.35. The van der Waals surface area contributed by atoms with Gasteiger partial charge in [0.1, 0.15) is 30.9 Å². The first kappa shape index (κ1) is 27.5. The number of esters is 2. The van der Waals surface area contributed by atoms with Crippen molar-refractivity contribution in [2.24, 2.45) is 5.92 Å². The van der Waals surface area contributed by atoms with Gasteiger partial charge in [-0.3, -0.25) is 9.36 Å². The van der Waals surface area contributed by atoms with Crippen molar-refractivity contribution in [3.05, 3.63) is 130 Å². The standard InChI is InChI=1S/C31H27N3O7/c1-20-26(41-30(37)23-15-9-4-10-16-23)24(19-39-29(36)22-13-7-3-8-14-22)40-28(20)34-18-17-25(33-31(34)38)32-27(35)21-11-5-2-6-12-21/h2-18,20,24,26,28H,19H2,1H3,(H,32,33,35,38)/t20-,24?,26-,28?/m0/s1. The third-order valence-electron chi connectivity index (χ3n) is 6.67. The molecular formula is C31H27N3O7. The van der Waals surface area contributed by atoms with Gasteiger partial charge in [-0.05, 0) is 42.5 Å². The molecule has 1 amide bonds. The van der Waals surface area contributed by atoms with Crippen LogP contribution < -0.4 is 11.0 Å². The molecule has 0 bridgehead atoms. The molecule has 208 valence electrons. The van der Waals surface area contributed by atoms with Gasteiger partial charge in [0.15, 0.2) is 0 Å². The van der Waals surface area contributed by atoms with E-state index in [-0.39, 0.29) is 12.4 Å². The maximum absolute atomic E-state index is 13.0. The Labute approximate surface area is 235 Å². The Hall–Kier alpha value is -5.09. The van der Waals surface area contributed by atoms with Gasteiger partial charge in [0.2, 0.25) is 0 Å². The summed E-state index contributed by atoms with van der Waals surface area (Å²) in [4.78, 5) is 55.0. The molecule has 2 heterocycles. The van der Waals surface area contributed by atoms with Gasteiger partial charge in [-0.1, -0.05) is 61.5 Å². The highest BCUT2D eigenvalue weighted by Gasteiger charge is 2.46. The number of nitrogens with one attached hydrogen (secondary N) is 1. The van der Waals surface area contributed by atoms with E-state index >= 15 is 0 Å². The first-order valence-electron chi connectivity index (χ1n) is 13.0. The van der Waals surface area contributed by atoms with Crippen molar-refractivity contribution in [3.8, 4) is 0 Å².